The Hall–Kier alpha value is -3.22. The van der Waals surface area contributed by atoms with E-state index in [-0.39, 0.29) is 5.69 Å². The molecular formula is C20H12Cl2N4O2. The van der Waals surface area contributed by atoms with E-state index in [1.807, 2.05) is 24.3 Å². The highest BCUT2D eigenvalue weighted by molar-refractivity contribution is 6.36. The number of nitro groups is 1. The average Bonchev–Trinajstić information content (AvgIpc) is 2.68. The van der Waals surface area contributed by atoms with Gasteiger partial charge in [0.1, 0.15) is 5.82 Å². The molecule has 0 radical (unpaired) electrons. The van der Waals surface area contributed by atoms with Crippen LogP contribution in [0.15, 0.2) is 66.7 Å². The maximum atomic E-state index is 11.0. The van der Waals surface area contributed by atoms with E-state index in [0.29, 0.717) is 38.5 Å². The van der Waals surface area contributed by atoms with E-state index in [1.165, 1.54) is 12.1 Å². The minimum Gasteiger partial charge on any atom is -0.339 e. The second kappa shape index (κ2) is 7.42. The van der Waals surface area contributed by atoms with E-state index in [4.69, 9.17) is 23.2 Å². The Morgan fingerprint density at radius 1 is 0.929 bits per heavy atom. The molecule has 0 saturated heterocycles. The number of nitrogens with zero attached hydrogens (tertiary/aromatic N) is 3. The van der Waals surface area contributed by atoms with Gasteiger partial charge in [-0.05, 0) is 36.4 Å². The third-order valence-electron chi connectivity index (χ3n) is 4.09. The monoisotopic (exact) mass is 410 g/mol. The summed E-state index contributed by atoms with van der Waals surface area (Å²) in [6, 6.07) is 18.8. The Morgan fingerprint density at radius 2 is 1.75 bits per heavy atom. The van der Waals surface area contributed by atoms with Crippen LogP contribution in [0.1, 0.15) is 0 Å². The van der Waals surface area contributed by atoms with E-state index >= 15 is 0 Å². The lowest BCUT2D eigenvalue weighted by atomic mass is 10.1. The predicted octanol–water partition coefficient (Wildman–Crippen LogP) is 6.26. The molecule has 0 spiro atoms. The smallest absolute Gasteiger partial charge is 0.271 e. The number of non-ortho nitro benzene ring substituents is 1. The quantitative estimate of drug-likeness (QED) is 0.317. The maximum Gasteiger partial charge on any atom is 0.271 e. The second-order valence-electron chi connectivity index (χ2n) is 5.97. The van der Waals surface area contributed by atoms with Gasteiger partial charge in [-0.2, -0.15) is 0 Å². The summed E-state index contributed by atoms with van der Waals surface area (Å²) in [5.74, 6) is 0.945. The summed E-state index contributed by atoms with van der Waals surface area (Å²) in [7, 11) is 0. The minimum atomic E-state index is -0.442. The number of nitro benzene ring substituents is 1. The zero-order valence-electron chi connectivity index (χ0n) is 14.3. The Kier molecular flexibility index (Phi) is 4.81. The average molecular weight is 411 g/mol. The number of hydrogen-bond acceptors (Lipinski definition) is 5. The van der Waals surface area contributed by atoms with Crippen LogP contribution in [0.2, 0.25) is 10.0 Å². The highest BCUT2D eigenvalue weighted by atomic mass is 35.5. The van der Waals surface area contributed by atoms with E-state index in [9.17, 15) is 10.1 Å². The van der Waals surface area contributed by atoms with Crippen LogP contribution in [0.3, 0.4) is 0 Å². The van der Waals surface area contributed by atoms with Crippen molar-refractivity contribution in [3.63, 3.8) is 0 Å². The third-order valence-corrected chi connectivity index (χ3v) is 4.64. The summed E-state index contributed by atoms with van der Waals surface area (Å²) in [5, 5.41) is 15.9. The highest BCUT2D eigenvalue weighted by Gasteiger charge is 2.13. The molecule has 0 bridgehead atoms. The van der Waals surface area contributed by atoms with Gasteiger partial charge in [-0.25, -0.2) is 9.97 Å². The number of para-hydroxylation sites is 1. The number of nitrogens with one attached hydrogen (secondary N) is 1. The predicted molar refractivity (Wildman–Crippen MR) is 111 cm³/mol. The van der Waals surface area contributed by atoms with Crippen molar-refractivity contribution in [3.05, 3.63) is 86.9 Å². The molecule has 1 N–H and O–H groups in total. The van der Waals surface area contributed by atoms with Crippen LogP contribution in [-0.2, 0) is 0 Å². The van der Waals surface area contributed by atoms with E-state index < -0.39 is 4.92 Å². The van der Waals surface area contributed by atoms with Crippen molar-refractivity contribution in [3.8, 4) is 11.4 Å². The molecular weight excluding hydrogens is 399 g/mol. The summed E-state index contributed by atoms with van der Waals surface area (Å²) < 4.78 is 0. The molecule has 0 aliphatic carbocycles. The van der Waals surface area contributed by atoms with Gasteiger partial charge >= 0.3 is 0 Å². The molecule has 4 aromatic rings. The lowest BCUT2D eigenvalue weighted by Crippen LogP contribution is -2.00. The molecule has 0 aliphatic rings. The van der Waals surface area contributed by atoms with Crippen LogP contribution < -0.4 is 5.32 Å². The van der Waals surface area contributed by atoms with Gasteiger partial charge in [0.05, 0.1) is 15.5 Å². The standard InChI is InChI=1S/C20H12Cl2N4O2/c21-12-8-9-15(17(22)10-12)19-24-18-7-2-1-6-16(18)20(25-19)23-13-4-3-5-14(11-13)26(27)28/h1-11H,(H,23,24,25). The highest BCUT2D eigenvalue weighted by Crippen LogP contribution is 2.32. The van der Waals surface area contributed by atoms with Crippen molar-refractivity contribution >= 4 is 51.3 Å². The zero-order valence-corrected chi connectivity index (χ0v) is 15.8. The number of halogens is 2. The Labute approximate surface area is 169 Å². The SMILES string of the molecule is O=[N+]([O-])c1cccc(Nc2nc(-c3ccc(Cl)cc3Cl)nc3ccccc23)c1. The number of rotatable bonds is 4. The van der Waals surface area contributed by atoms with Crippen molar-refractivity contribution in [2.24, 2.45) is 0 Å². The Morgan fingerprint density at radius 3 is 2.54 bits per heavy atom. The van der Waals surface area contributed by atoms with Crippen LogP contribution in [0.25, 0.3) is 22.3 Å². The van der Waals surface area contributed by atoms with Crippen LogP contribution >= 0.6 is 23.2 Å². The summed E-state index contributed by atoms with van der Waals surface area (Å²) in [4.78, 5) is 19.8. The summed E-state index contributed by atoms with van der Waals surface area (Å²) in [5.41, 5.74) is 1.89. The molecule has 138 valence electrons. The molecule has 4 rings (SSSR count). The van der Waals surface area contributed by atoms with Gasteiger partial charge in [0.15, 0.2) is 5.82 Å². The fourth-order valence-electron chi connectivity index (χ4n) is 2.80. The number of hydrogen-bond donors (Lipinski definition) is 1. The lowest BCUT2D eigenvalue weighted by Gasteiger charge is -2.12. The van der Waals surface area contributed by atoms with Crippen molar-refractivity contribution in [1.29, 1.82) is 0 Å². The Bertz CT molecular complexity index is 1210. The molecule has 0 atom stereocenters. The lowest BCUT2D eigenvalue weighted by molar-refractivity contribution is -0.384. The van der Waals surface area contributed by atoms with Crippen LogP contribution in [0.4, 0.5) is 17.2 Å². The van der Waals surface area contributed by atoms with E-state index in [2.05, 4.69) is 15.3 Å². The molecule has 0 unspecified atom stereocenters. The molecule has 1 aromatic heterocycles. The van der Waals surface area contributed by atoms with Crippen molar-refractivity contribution < 1.29 is 4.92 Å². The van der Waals surface area contributed by atoms with Crippen LogP contribution in [0, 0.1) is 10.1 Å². The van der Waals surface area contributed by atoms with E-state index in [1.54, 1.807) is 30.3 Å². The van der Waals surface area contributed by atoms with Gasteiger partial charge < -0.3 is 5.32 Å². The van der Waals surface area contributed by atoms with Gasteiger partial charge in [0, 0.05) is 33.8 Å². The van der Waals surface area contributed by atoms with Crippen molar-refractivity contribution in [2.75, 3.05) is 5.32 Å². The Balaban J connectivity index is 1.85. The third kappa shape index (κ3) is 3.60. The van der Waals surface area contributed by atoms with Gasteiger partial charge in [-0.3, -0.25) is 10.1 Å². The molecule has 0 saturated carbocycles. The fraction of sp³-hybridized carbons (Fsp3) is 0. The van der Waals surface area contributed by atoms with Gasteiger partial charge in [0.25, 0.3) is 5.69 Å². The molecule has 8 heteroatoms. The molecule has 1 heterocycles. The molecule has 6 nitrogen and oxygen atoms in total. The number of fused-ring (bicyclic) bond motifs is 1. The van der Waals surface area contributed by atoms with E-state index in [0.717, 1.165) is 5.39 Å². The van der Waals surface area contributed by atoms with Crippen LogP contribution in [0.5, 0.6) is 0 Å². The van der Waals surface area contributed by atoms with Gasteiger partial charge in [0.2, 0.25) is 0 Å². The van der Waals surface area contributed by atoms with Crippen LogP contribution in [-0.4, -0.2) is 14.9 Å². The summed E-state index contributed by atoms with van der Waals surface area (Å²) in [6.45, 7) is 0. The topological polar surface area (TPSA) is 81.0 Å². The first-order chi connectivity index (χ1) is 13.5. The normalized spacial score (nSPS) is 10.8. The fourth-order valence-corrected chi connectivity index (χ4v) is 3.29. The first-order valence-corrected chi connectivity index (χ1v) is 9.00. The summed E-state index contributed by atoms with van der Waals surface area (Å²) in [6.07, 6.45) is 0. The molecule has 0 aliphatic heterocycles. The van der Waals surface area contributed by atoms with Gasteiger partial charge in [-0.1, -0.05) is 41.4 Å². The second-order valence-corrected chi connectivity index (χ2v) is 6.81. The molecule has 0 fully saturated rings. The molecule has 28 heavy (non-hydrogen) atoms. The number of anilines is 2. The van der Waals surface area contributed by atoms with Crippen molar-refractivity contribution in [2.45, 2.75) is 0 Å². The molecule has 3 aromatic carbocycles. The first-order valence-electron chi connectivity index (χ1n) is 8.25. The first kappa shape index (κ1) is 18.2. The largest absolute Gasteiger partial charge is 0.339 e. The summed E-state index contributed by atoms with van der Waals surface area (Å²) >= 11 is 12.3. The maximum absolute atomic E-state index is 11.0. The molecule has 0 amide bonds. The van der Waals surface area contributed by atoms with Gasteiger partial charge in [-0.15, -0.1) is 0 Å². The van der Waals surface area contributed by atoms with Crippen molar-refractivity contribution in [1.82, 2.24) is 9.97 Å². The number of aromatic nitrogens is 2. The zero-order chi connectivity index (χ0) is 19.7. The minimum absolute atomic E-state index is 0.00988. The number of benzene rings is 3.